The molecule has 1 saturated heterocycles. The highest BCUT2D eigenvalue weighted by Gasteiger charge is 2.46. The van der Waals surface area contributed by atoms with Gasteiger partial charge in [0.2, 0.25) is 0 Å². The largest absolute Gasteiger partial charge is 0.388 e. The molecule has 0 spiro atoms. The third-order valence-electron chi connectivity index (χ3n) is 6.23. The summed E-state index contributed by atoms with van der Waals surface area (Å²) in [5.74, 6) is 0. The standard InChI is InChI=1S/C27H31NO5/c1-30-25-22(33-26(31-2)23(28)24(25)29)18-32-27(19-12-6-3-7-13-19,20-14-8-4-9-15-20)21-16-10-5-11-17-21/h3-17,22-26,29H,18,28H2,1-2H3. The first-order chi connectivity index (χ1) is 16.1. The molecule has 1 aliphatic heterocycles. The Hall–Kier alpha value is -2.58. The maximum absolute atomic E-state index is 10.7. The van der Waals surface area contributed by atoms with Crippen molar-refractivity contribution in [2.75, 3.05) is 20.8 Å². The van der Waals surface area contributed by atoms with E-state index in [0.29, 0.717) is 0 Å². The van der Waals surface area contributed by atoms with Gasteiger partial charge in [-0.15, -0.1) is 0 Å². The average Bonchev–Trinajstić information content (AvgIpc) is 2.88. The summed E-state index contributed by atoms with van der Waals surface area (Å²) in [7, 11) is 3.04. The predicted molar refractivity (Wildman–Crippen MR) is 126 cm³/mol. The molecule has 1 heterocycles. The molecule has 6 heteroatoms. The highest BCUT2D eigenvalue weighted by atomic mass is 16.7. The minimum atomic E-state index is -0.957. The molecule has 4 rings (SSSR count). The second kappa shape index (κ2) is 10.6. The lowest BCUT2D eigenvalue weighted by Crippen LogP contribution is -2.63. The molecule has 1 fully saturated rings. The van der Waals surface area contributed by atoms with Crippen molar-refractivity contribution in [1.82, 2.24) is 0 Å². The van der Waals surface area contributed by atoms with Gasteiger partial charge in [0.15, 0.2) is 6.29 Å². The summed E-state index contributed by atoms with van der Waals surface area (Å²) in [5, 5.41) is 10.7. The molecule has 3 aromatic carbocycles. The summed E-state index contributed by atoms with van der Waals surface area (Å²) in [5.41, 5.74) is 8.13. The lowest BCUT2D eigenvalue weighted by atomic mass is 9.80. The van der Waals surface area contributed by atoms with Crippen molar-refractivity contribution in [3.05, 3.63) is 108 Å². The van der Waals surface area contributed by atoms with Gasteiger partial charge in [0.05, 0.1) is 12.6 Å². The molecule has 5 unspecified atom stereocenters. The molecule has 0 amide bonds. The van der Waals surface area contributed by atoms with Gasteiger partial charge < -0.3 is 29.8 Å². The molecule has 0 radical (unpaired) electrons. The van der Waals surface area contributed by atoms with Crippen molar-refractivity contribution in [3.8, 4) is 0 Å². The second-order valence-electron chi connectivity index (χ2n) is 8.14. The Balaban J connectivity index is 1.77. The van der Waals surface area contributed by atoms with Crippen LogP contribution in [0, 0.1) is 0 Å². The van der Waals surface area contributed by atoms with E-state index in [9.17, 15) is 5.11 Å². The Labute approximate surface area is 194 Å². The van der Waals surface area contributed by atoms with Crippen LogP contribution in [-0.2, 0) is 24.5 Å². The molecular formula is C27H31NO5. The molecule has 6 nitrogen and oxygen atoms in total. The summed E-state index contributed by atoms with van der Waals surface area (Å²) >= 11 is 0. The predicted octanol–water partition coefficient (Wildman–Crippen LogP) is 3.07. The van der Waals surface area contributed by atoms with Crippen molar-refractivity contribution in [2.24, 2.45) is 5.73 Å². The first kappa shape index (κ1) is 23.6. The van der Waals surface area contributed by atoms with E-state index in [2.05, 4.69) is 36.4 Å². The van der Waals surface area contributed by atoms with Crippen LogP contribution >= 0.6 is 0 Å². The van der Waals surface area contributed by atoms with Crippen LogP contribution in [0.15, 0.2) is 91.0 Å². The van der Waals surface area contributed by atoms with Gasteiger partial charge in [-0.1, -0.05) is 91.0 Å². The van der Waals surface area contributed by atoms with Gasteiger partial charge in [0, 0.05) is 14.2 Å². The van der Waals surface area contributed by atoms with Crippen LogP contribution in [0.2, 0.25) is 0 Å². The molecule has 0 aliphatic carbocycles. The monoisotopic (exact) mass is 449 g/mol. The van der Waals surface area contributed by atoms with Crippen LogP contribution in [0.5, 0.6) is 0 Å². The van der Waals surface area contributed by atoms with E-state index >= 15 is 0 Å². The zero-order valence-electron chi connectivity index (χ0n) is 18.9. The first-order valence-electron chi connectivity index (χ1n) is 11.1. The topological polar surface area (TPSA) is 83.2 Å². The molecule has 5 atom stereocenters. The lowest BCUT2D eigenvalue weighted by Gasteiger charge is -2.44. The highest BCUT2D eigenvalue weighted by molar-refractivity contribution is 5.47. The quantitative estimate of drug-likeness (QED) is 0.515. The Kier molecular flexibility index (Phi) is 7.55. The minimum Gasteiger partial charge on any atom is -0.388 e. The van der Waals surface area contributed by atoms with Crippen LogP contribution in [0.3, 0.4) is 0 Å². The van der Waals surface area contributed by atoms with Crippen molar-refractivity contribution < 1.29 is 24.1 Å². The Morgan fingerprint density at radius 1 is 0.788 bits per heavy atom. The lowest BCUT2D eigenvalue weighted by molar-refractivity contribution is -0.269. The zero-order valence-corrected chi connectivity index (χ0v) is 18.9. The first-order valence-corrected chi connectivity index (χ1v) is 11.1. The van der Waals surface area contributed by atoms with Crippen LogP contribution < -0.4 is 5.73 Å². The van der Waals surface area contributed by atoms with Gasteiger partial charge in [0.25, 0.3) is 0 Å². The van der Waals surface area contributed by atoms with E-state index in [4.69, 9.17) is 24.7 Å². The second-order valence-corrected chi connectivity index (χ2v) is 8.14. The van der Waals surface area contributed by atoms with Gasteiger partial charge in [-0.2, -0.15) is 0 Å². The molecule has 3 N–H and O–H groups in total. The maximum atomic E-state index is 10.7. The SMILES string of the molecule is COC1OC(COC(c2ccccc2)(c2ccccc2)c2ccccc2)C(OC)C(O)C1N. The zero-order chi connectivity index (χ0) is 23.3. The van der Waals surface area contributed by atoms with E-state index < -0.39 is 36.2 Å². The number of ether oxygens (including phenoxy) is 4. The maximum Gasteiger partial charge on any atom is 0.175 e. The number of nitrogens with two attached hydrogens (primary N) is 1. The molecule has 3 aromatic rings. The molecule has 0 bridgehead atoms. The van der Waals surface area contributed by atoms with Gasteiger partial charge in [-0.3, -0.25) is 0 Å². The Bertz CT molecular complexity index is 889. The minimum absolute atomic E-state index is 0.140. The van der Waals surface area contributed by atoms with Crippen LogP contribution in [0.1, 0.15) is 16.7 Å². The van der Waals surface area contributed by atoms with E-state index in [-0.39, 0.29) is 6.61 Å². The molecule has 174 valence electrons. The fourth-order valence-electron chi connectivity index (χ4n) is 4.55. The van der Waals surface area contributed by atoms with E-state index in [1.807, 2.05) is 54.6 Å². The number of hydrogen-bond acceptors (Lipinski definition) is 6. The number of rotatable bonds is 8. The summed E-state index contributed by atoms with van der Waals surface area (Å²) in [4.78, 5) is 0. The summed E-state index contributed by atoms with van der Waals surface area (Å²) < 4.78 is 23.8. The number of benzene rings is 3. The smallest absolute Gasteiger partial charge is 0.175 e. The summed E-state index contributed by atoms with van der Waals surface area (Å²) in [6.45, 7) is 0.140. The van der Waals surface area contributed by atoms with Crippen molar-refractivity contribution in [3.63, 3.8) is 0 Å². The van der Waals surface area contributed by atoms with Crippen LogP contribution in [-0.4, -0.2) is 56.6 Å². The van der Waals surface area contributed by atoms with Gasteiger partial charge in [-0.25, -0.2) is 0 Å². The van der Waals surface area contributed by atoms with Crippen molar-refractivity contribution in [1.29, 1.82) is 0 Å². The number of methoxy groups -OCH3 is 2. The van der Waals surface area contributed by atoms with Crippen LogP contribution in [0.25, 0.3) is 0 Å². The fourth-order valence-corrected chi connectivity index (χ4v) is 4.55. The van der Waals surface area contributed by atoms with E-state index in [0.717, 1.165) is 16.7 Å². The molecule has 33 heavy (non-hydrogen) atoms. The molecule has 0 aromatic heterocycles. The number of hydrogen-bond donors (Lipinski definition) is 2. The average molecular weight is 450 g/mol. The van der Waals surface area contributed by atoms with E-state index in [1.54, 1.807) is 0 Å². The van der Waals surface area contributed by atoms with Gasteiger partial charge in [-0.05, 0) is 16.7 Å². The van der Waals surface area contributed by atoms with Crippen molar-refractivity contribution in [2.45, 2.75) is 36.2 Å². The van der Waals surface area contributed by atoms with Gasteiger partial charge in [0.1, 0.15) is 23.9 Å². The van der Waals surface area contributed by atoms with Crippen molar-refractivity contribution >= 4 is 0 Å². The third kappa shape index (κ3) is 4.59. The van der Waals surface area contributed by atoms with E-state index in [1.165, 1.54) is 14.2 Å². The molecular weight excluding hydrogens is 418 g/mol. The third-order valence-corrected chi connectivity index (χ3v) is 6.23. The summed E-state index contributed by atoms with van der Waals surface area (Å²) in [6, 6.07) is 29.5. The van der Waals surface area contributed by atoms with Gasteiger partial charge >= 0.3 is 0 Å². The molecule has 0 saturated carbocycles. The molecule has 1 aliphatic rings. The summed E-state index contributed by atoms with van der Waals surface area (Å²) in [6.07, 6.45) is -2.97. The normalized spacial score (nSPS) is 25.6. The van der Waals surface area contributed by atoms with Crippen LogP contribution in [0.4, 0.5) is 0 Å². The Morgan fingerprint density at radius 2 is 1.24 bits per heavy atom. The number of aliphatic hydroxyl groups is 1. The highest BCUT2D eigenvalue weighted by Crippen LogP contribution is 2.41. The number of aliphatic hydroxyl groups excluding tert-OH is 1. The fraction of sp³-hybridized carbons (Fsp3) is 0.333. The Morgan fingerprint density at radius 3 is 1.64 bits per heavy atom.